The number of aromatic nitrogens is 2. The van der Waals surface area contributed by atoms with Gasteiger partial charge in [0.05, 0.1) is 30.0 Å². The molecule has 0 aliphatic heterocycles. The van der Waals surface area contributed by atoms with Gasteiger partial charge in [0.1, 0.15) is 5.82 Å². The van der Waals surface area contributed by atoms with E-state index in [-0.39, 0.29) is 23.9 Å². The van der Waals surface area contributed by atoms with E-state index in [4.69, 9.17) is 5.11 Å². The molecule has 0 radical (unpaired) electrons. The Morgan fingerprint density at radius 3 is 2.35 bits per heavy atom. The van der Waals surface area contributed by atoms with E-state index in [1.54, 1.807) is 6.08 Å². The first-order chi connectivity index (χ1) is 16.0. The molecular formula is C25H34FN3O5. The van der Waals surface area contributed by atoms with Gasteiger partial charge in [-0.2, -0.15) is 5.10 Å². The number of benzene rings is 1. The van der Waals surface area contributed by atoms with Crippen molar-refractivity contribution in [2.75, 3.05) is 6.54 Å². The molecule has 1 aromatic heterocycles. The second-order valence-corrected chi connectivity index (χ2v) is 9.04. The summed E-state index contributed by atoms with van der Waals surface area (Å²) in [6.45, 7) is 8.47. The van der Waals surface area contributed by atoms with Crippen LogP contribution in [0, 0.1) is 11.7 Å². The van der Waals surface area contributed by atoms with Gasteiger partial charge in [-0.15, -0.1) is 0 Å². The van der Waals surface area contributed by atoms with E-state index in [2.05, 4.69) is 24.3 Å². The Balaban J connectivity index is 2.46. The lowest BCUT2D eigenvalue weighted by atomic mass is 9.98. The normalized spacial score (nSPS) is 13.6. The van der Waals surface area contributed by atoms with Gasteiger partial charge in [-0.1, -0.05) is 33.8 Å². The number of carboxylic acid groups (broad SMARTS) is 1. The molecule has 2 aromatic rings. The minimum Gasteiger partial charge on any atom is -0.481 e. The van der Waals surface area contributed by atoms with E-state index in [0.29, 0.717) is 29.4 Å². The van der Waals surface area contributed by atoms with Crippen LogP contribution in [0.25, 0.3) is 11.8 Å². The fourth-order valence-corrected chi connectivity index (χ4v) is 3.52. The largest absolute Gasteiger partial charge is 0.481 e. The van der Waals surface area contributed by atoms with E-state index < -0.39 is 30.4 Å². The van der Waals surface area contributed by atoms with Crippen molar-refractivity contribution in [3.63, 3.8) is 0 Å². The molecule has 0 bridgehead atoms. The number of halogens is 1. The van der Waals surface area contributed by atoms with Crippen LogP contribution in [0.4, 0.5) is 4.39 Å². The molecule has 0 saturated carbocycles. The summed E-state index contributed by atoms with van der Waals surface area (Å²) in [6, 6.07) is 5.66. The van der Waals surface area contributed by atoms with Gasteiger partial charge in [0, 0.05) is 18.5 Å². The third-order valence-corrected chi connectivity index (χ3v) is 5.23. The molecule has 4 N–H and O–H groups in total. The summed E-state index contributed by atoms with van der Waals surface area (Å²) in [7, 11) is 0. The zero-order chi connectivity index (χ0) is 25.4. The smallest absolute Gasteiger partial charge is 0.305 e. The van der Waals surface area contributed by atoms with E-state index >= 15 is 0 Å². The second kappa shape index (κ2) is 12.4. The van der Waals surface area contributed by atoms with Crippen LogP contribution in [0.1, 0.15) is 74.6 Å². The van der Waals surface area contributed by atoms with Crippen LogP contribution in [0.15, 0.2) is 30.3 Å². The molecule has 34 heavy (non-hydrogen) atoms. The average molecular weight is 476 g/mol. The Morgan fingerprint density at radius 2 is 1.79 bits per heavy atom. The van der Waals surface area contributed by atoms with Crippen LogP contribution < -0.4 is 5.32 Å². The third-order valence-electron chi connectivity index (χ3n) is 5.23. The molecular weight excluding hydrogens is 441 g/mol. The molecule has 1 aromatic carbocycles. The molecule has 2 rings (SSSR count). The number of carbonyl (C=O) groups is 2. The zero-order valence-electron chi connectivity index (χ0n) is 20.0. The van der Waals surface area contributed by atoms with E-state index in [1.165, 1.54) is 35.0 Å². The molecule has 0 unspecified atom stereocenters. The number of carboxylic acids is 1. The van der Waals surface area contributed by atoms with Crippen LogP contribution in [0.2, 0.25) is 0 Å². The summed E-state index contributed by atoms with van der Waals surface area (Å²) in [5.74, 6) is -1.57. The summed E-state index contributed by atoms with van der Waals surface area (Å²) in [5.41, 5.74) is 1.95. The van der Waals surface area contributed by atoms with Gasteiger partial charge in [-0.25, -0.2) is 9.07 Å². The van der Waals surface area contributed by atoms with Gasteiger partial charge in [0.2, 0.25) is 0 Å². The van der Waals surface area contributed by atoms with Crippen LogP contribution in [-0.4, -0.2) is 55.7 Å². The average Bonchev–Trinajstić information content (AvgIpc) is 3.11. The number of rotatable bonds is 12. The molecule has 8 nitrogen and oxygen atoms in total. The fourth-order valence-electron chi connectivity index (χ4n) is 3.52. The highest BCUT2D eigenvalue weighted by atomic mass is 19.1. The summed E-state index contributed by atoms with van der Waals surface area (Å²) in [5, 5.41) is 36.3. The van der Waals surface area contributed by atoms with Crippen LogP contribution in [-0.2, 0) is 4.79 Å². The van der Waals surface area contributed by atoms with Crippen LogP contribution in [0.3, 0.4) is 0 Å². The van der Waals surface area contributed by atoms with Gasteiger partial charge in [0.25, 0.3) is 5.91 Å². The lowest BCUT2D eigenvalue weighted by Gasteiger charge is -2.12. The van der Waals surface area contributed by atoms with Crippen molar-refractivity contribution in [3.8, 4) is 5.69 Å². The number of carbonyl (C=O) groups excluding carboxylic acids is 1. The predicted octanol–water partition coefficient (Wildman–Crippen LogP) is 3.51. The fraction of sp³-hybridized carbons (Fsp3) is 0.480. The molecule has 0 saturated heterocycles. The van der Waals surface area contributed by atoms with Crippen molar-refractivity contribution in [2.24, 2.45) is 5.92 Å². The highest BCUT2D eigenvalue weighted by Gasteiger charge is 2.25. The molecule has 1 heterocycles. The summed E-state index contributed by atoms with van der Waals surface area (Å²) in [4.78, 5) is 23.7. The lowest BCUT2D eigenvalue weighted by Crippen LogP contribution is -2.27. The molecule has 0 aliphatic carbocycles. The van der Waals surface area contributed by atoms with Gasteiger partial charge in [0.15, 0.2) is 5.69 Å². The zero-order valence-corrected chi connectivity index (χ0v) is 20.0. The van der Waals surface area contributed by atoms with E-state index in [1.807, 2.05) is 13.8 Å². The third kappa shape index (κ3) is 7.78. The summed E-state index contributed by atoms with van der Waals surface area (Å²) in [6.07, 6.45) is 0.881. The standard InChI is InChI=1S/C25H34FN3O5/c1-15(2)11-12-27-25(34)24-23(16(3)4)21(10-9-19(30)13-20(31)14-22(32)33)29(28-24)18-7-5-17(26)6-8-18/h5-10,15-16,19-20,30-31H,11-14H2,1-4H3,(H,27,34)(H,32,33)/b10-9+/t19-,20+/m0/s1. The highest BCUT2D eigenvalue weighted by molar-refractivity contribution is 5.95. The first-order valence-electron chi connectivity index (χ1n) is 11.4. The van der Waals surface area contributed by atoms with Crippen molar-refractivity contribution < 1.29 is 29.3 Å². The van der Waals surface area contributed by atoms with E-state index in [0.717, 1.165) is 6.42 Å². The maximum atomic E-state index is 13.5. The number of amides is 1. The molecule has 1 amide bonds. The number of hydrogen-bond acceptors (Lipinski definition) is 5. The number of nitrogens with zero attached hydrogens (tertiary/aromatic N) is 2. The maximum Gasteiger partial charge on any atom is 0.305 e. The monoisotopic (exact) mass is 475 g/mol. The Kier molecular flexibility index (Phi) is 9.95. The SMILES string of the molecule is CC(C)CCNC(=O)c1nn(-c2ccc(F)cc2)c(/C=C/[C@H](O)C[C@@H](O)CC(=O)O)c1C(C)C. The Hall–Kier alpha value is -3.04. The quantitative estimate of drug-likeness (QED) is 0.372. The van der Waals surface area contributed by atoms with Crippen molar-refractivity contribution in [1.82, 2.24) is 15.1 Å². The van der Waals surface area contributed by atoms with Crippen molar-refractivity contribution in [2.45, 2.75) is 65.1 Å². The highest BCUT2D eigenvalue weighted by Crippen LogP contribution is 2.28. The lowest BCUT2D eigenvalue weighted by molar-refractivity contribution is -0.139. The minimum absolute atomic E-state index is 0.102. The second-order valence-electron chi connectivity index (χ2n) is 9.04. The molecule has 186 valence electrons. The van der Waals surface area contributed by atoms with Gasteiger partial charge >= 0.3 is 5.97 Å². The molecule has 9 heteroatoms. The van der Waals surface area contributed by atoms with Crippen LogP contribution >= 0.6 is 0 Å². The van der Waals surface area contributed by atoms with Crippen molar-refractivity contribution in [1.29, 1.82) is 0 Å². The van der Waals surface area contributed by atoms with Crippen LogP contribution in [0.5, 0.6) is 0 Å². The molecule has 0 aliphatic rings. The Morgan fingerprint density at radius 1 is 1.15 bits per heavy atom. The van der Waals surface area contributed by atoms with Gasteiger partial charge in [-0.3, -0.25) is 9.59 Å². The van der Waals surface area contributed by atoms with Gasteiger partial charge in [-0.05, 0) is 48.6 Å². The van der Waals surface area contributed by atoms with Crippen molar-refractivity contribution in [3.05, 3.63) is 53.1 Å². The molecule has 0 fully saturated rings. The van der Waals surface area contributed by atoms with Gasteiger partial charge < -0.3 is 20.6 Å². The predicted molar refractivity (Wildman–Crippen MR) is 127 cm³/mol. The molecule has 0 spiro atoms. The number of aliphatic hydroxyl groups is 2. The number of hydrogen-bond donors (Lipinski definition) is 4. The minimum atomic E-state index is -1.20. The first-order valence-corrected chi connectivity index (χ1v) is 11.4. The number of aliphatic carboxylic acids is 1. The summed E-state index contributed by atoms with van der Waals surface area (Å²) < 4.78 is 15.0. The van der Waals surface area contributed by atoms with E-state index in [9.17, 15) is 24.2 Å². The maximum absolute atomic E-state index is 13.5. The Bertz CT molecular complexity index is 999. The molecule has 2 atom stereocenters. The number of nitrogens with one attached hydrogen (secondary N) is 1. The Labute approximate surface area is 199 Å². The number of aliphatic hydroxyl groups excluding tert-OH is 2. The summed E-state index contributed by atoms with van der Waals surface area (Å²) >= 11 is 0. The topological polar surface area (TPSA) is 125 Å². The van der Waals surface area contributed by atoms with Crippen molar-refractivity contribution >= 4 is 18.0 Å². The first kappa shape index (κ1) is 27.2.